The zero-order valence-corrected chi connectivity index (χ0v) is 21.5. The Morgan fingerprint density at radius 3 is 2.55 bits per heavy atom. The summed E-state index contributed by atoms with van der Waals surface area (Å²) in [6, 6.07) is 2.87. The molecular formula is C25H29ClF3N5O4. The van der Waals surface area contributed by atoms with E-state index in [4.69, 9.17) is 16.3 Å². The lowest BCUT2D eigenvalue weighted by molar-refractivity contribution is -0.270. The number of likely N-dealkylation sites (tertiary alicyclic amines) is 1. The molecule has 2 aromatic heterocycles. The van der Waals surface area contributed by atoms with Gasteiger partial charge in [-0.25, -0.2) is 4.98 Å². The Hall–Kier alpha value is -2.86. The van der Waals surface area contributed by atoms with E-state index in [-0.39, 0.29) is 36.3 Å². The van der Waals surface area contributed by atoms with Gasteiger partial charge in [-0.15, -0.1) is 0 Å². The topological polar surface area (TPSA) is 120 Å². The van der Waals surface area contributed by atoms with Gasteiger partial charge in [0.15, 0.2) is 11.3 Å². The molecule has 5 rings (SSSR count). The number of ether oxygens (including phenoxy) is 1. The van der Waals surface area contributed by atoms with Crippen molar-refractivity contribution in [3.05, 3.63) is 29.0 Å². The van der Waals surface area contributed by atoms with Crippen LogP contribution in [0.3, 0.4) is 0 Å². The van der Waals surface area contributed by atoms with Crippen LogP contribution in [0.1, 0.15) is 61.9 Å². The van der Waals surface area contributed by atoms with Crippen LogP contribution < -0.4 is 10.1 Å². The molecule has 2 aromatic rings. The summed E-state index contributed by atoms with van der Waals surface area (Å²) < 4.78 is 44.4. The van der Waals surface area contributed by atoms with Gasteiger partial charge in [0.25, 0.3) is 5.91 Å². The number of piperidine rings is 1. The quantitative estimate of drug-likeness (QED) is 0.515. The monoisotopic (exact) mass is 555 g/mol. The maximum absolute atomic E-state index is 13.4. The molecule has 9 nitrogen and oxygen atoms in total. The molecule has 13 heteroatoms. The molecule has 1 saturated heterocycles. The third-order valence-electron chi connectivity index (χ3n) is 8.16. The lowest BCUT2D eigenvalue weighted by atomic mass is 9.81. The minimum absolute atomic E-state index is 0.0685. The van der Waals surface area contributed by atoms with Gasteiger partial charge >= 0.3 is 6.18 Å². The highest BCUT2D eigenvalue weighted by atomic mass is 35.5. The van der Waals surface area contributed by atoms with Gasteiger partial charge in [0.2, 0.25) is 11.8 Å². The van der Waals surface area contributed by atoms with E-state index in [0.717, 1.165) is 12.8 Å². The summed E-state index contributed by atoms with van der Waals surface area (Å²) in [6.45, 7) is 0.376. The van der Waals surface area contributed by atoms with Gasteiger partial charge in [0.1, 0.15) is 0 Å². The van der Waals surface area contributed by atoms with Crippen molar-refractivity contribution >= 4 is 23.4 Å². The molecule has 3 aliphatic rings. The van der Waals surface area contributed by atoms with Crippen molar-refractivity contribution in [2.45, 2.75) is 74.7 Å². The first-order valence-corrected chi connectivity index (χ1v) is 13.0. The first kappa shape index (κ1) is 26.7. The fraction of sp³-hybridized carbons (Fsp3) is 0.600. The molecule has 0 bridgehead atoms. The number of alkyl halides is 3. The van der Waals surface area contributed by atoms with Crippen molar-refractivity contribution < 1.29 is 32.6 Å². The fourth-order valence-corrected chi connectivity index (χ4v) is 5.84. The number of aromatic nitrogens is 3. The molecule has 206 valence electrons. The number of aliphatic hydroxyl groups is 1. The Morgan fingerprint density at radius 1 is 1.21 bits per heavy atom. The standard InChI is InChI=1S/C25H29ClF3N5O4/c1-38-20-10-16(17(26)13-30-20)18-11-19(33-32-18)22(36)34-9-4-14(12-23(34)7-8-23)21(35)31-15-2-5-24(37,6-3-15)25(27,28)29/h10-11,13-15,37H,2-9,12H2,1H3,(H,31,35)(H,32,33)/t14-,15?,24?/m1/s1. The molecule has 3 fully saturated rings. The maximum atomic E-state index is 13.4. The molecule has 0 aromatic carbocycles. The Labute approximate surface area is 222 Å². The van der Waals surface area contributed by atoms with E-state index in [0.29, 0.717) is 41.5 Å². The number of amides is 2. The first-order valence-electron chi connectivity index (χ1n) is 12.6. The number of H-pyrrole nitrogens is 1. The number of rotatable bonds is 5. The number of aromatic amines is 1. The lowest BCUT2D eigenvalue weighted by Crippen LogP contribution is -2.54. The Kier molecular flexibility index (Phi) is 6.83. The molecular weight excluding hydrogens is 527 g/mol. The summed E-state index contributed by atoms with van der Waals surface area (Å²) in [5.41, 5.74) is -1.72. The fourth-order valence-electron chi connectivity index (χ4n) is 5.64. The average Bonchev–Trinajstić information content (AvgIpc) is 3.46. The molecule has 0 unspecified atom stereocenters. The van der Waals surface area contributed by atoms with Crippen molar-refractivity contribution in [2.24, 2.45) is 5.92 Å². The SMILES string of the molecule is COc1cc(-c2cc(C(=O)N3CC[C@@H](C(=O)NC4CCC(O)(C(F)(F)F)CC4)CC34CC4)n[nH]2)c(Cl)cn1. The van der Waals surface area contributed by atoms with E-state index >= 15 is 0 Å². The molecule has 1 atom stereocenters. The van der Waals surface area contributed by atoms with Crippen molar-refractivity contribution in [1.82, 2.24) is 25.4 Å². The summed E-state index contributed by atoms with van der Waals surface area (Å²) in [7, 11) is 1.49. The number of halogens is 4. The molecule has 2 amide bonds. The third-order valence-corrected chi connectivity index (χ3v) is 8.46. The molecule has 3 heterocycles. The van der Waals surface area contributed by atoms with Gasteiger partial charge in [-0.05, 0) is 57.4 Å². The number of carbonyl (C=O) groups is 2. The highest BCUT2D eigenvalue weighted by Gasteiger charge is 2.56. The van der Waals surface area contributed by atoms with E-state index in [1.165, 1.54) is 13.3 Å². The van der Waals surface area contributed by atoms with Gasteiger partial charge in [0.05, 0.1) is 24.0 Å². The largest absolute Gasteiger partial charge is 0.481 e. The van der Waals surface area contributed by atoms with E-state index in [9.17, 15) is 27.9 Å². The first-order chi connectivity index (χ1) is 17.9. The number of methoxy groups -OCH3 is 1. The van der Waals surface area contributed by atoms with Crippen molar-refractivity contribution in [2.75, 3.05) is 13.7 Å². The van der Waals surface area contributed by atoms with E-state index < -0.39 is 36.2 Å². The normalized spacial score (nSPS) is 26.7. The molecule has 2 aliphatic carbocycles. The van der Waals surface area contributed by atoms with Gasteiger partial charge in [-0.3, -0.25) is 14.7 Å². The highest BCUT2D eigenvalue weighted by Crippen LogP contribution is 2.51. The molecule has 3 N–H and O–H groups in total. The molecule has 1 aliphatic heterocycles. The van der Waals surface area contributed by atoms with Gasteiger partial charge in [-0.2, -0.15) is 18.3 Å². The molecule has 38 heavy (non-hydrogen) atoms. The summed E-state index contributed by atoms with van der Waals surface area (Å²) in [4.78, 5) is 32.2. The van der Waals surface area contributed by atoms with Crippen LogP contribution in [0, 0.1) is 5.92 Å². The number of nitrogens with one attached hydrogen (secondary N) is 2. The predicted molar refractivity (Wildman–Crippen MR) is 131 cm³/mol. The average molecular weight is 556 g/mol. The van der Waals surface area contributed by atoms with Crippen molar-refractivity contribution in [1.29, 1.82) is 0 Å². The Balaban J connectivity index is 1.20. The van der Waals surface area contributed by atoms with Crippen LogP contribution in [0.2, 0.25) is 5.02 Å². The van der Waals surface area contributed by atoms with Crippen LogP contribution in [0.15, 0.2) is 18.3 Å². The smallest absolute Gasteiger partial charge is 0.417 e. The van der Waals surface area contributed by atoms with E-state index in [1.54, 1.807) is 17.0 Å². The second-order valence-corrected chi connectivity index (χ2v) is 11.0. The zero-order chi connectivity index (χ0) is 27.3. The zero-order valence-electron chi connectivity index (χ0n) is 20.8. The number of carbonyl (C=O) groups excluding carboxylic acids is 2. The van der Waals surface area contributed by atoms with Crippen LogP contribution in [0.5, 0.6) is 5.88 Å². The van der Waals surface area contributed by atoms with Crippen LogP contribution in [-0.4, -0.2) is 74.0 Å². The van der Waals surface area contributed by atoms with Crippen LogP contribution >= 0.6 is 11.6 Å². The second kappa shape index (κ2) is 9.71. The number of nitrogens with zero attached hydrogens (tertiary/aromatic N) is 3. The van der Waals surface area contributed by atoms with Crippen molar-refractivity contribution in [3.8, 4) is 17.1 Å². The second-order valence-electron chi connectivity index (χ2n) is 10.6. The van der Waals surface area contributed by atoms with Crippen molar-refractivity contribution in [3.63, 3.8) is 0 Å². The number of hydrogen-bond acceptors (Lipinski definition) is 6. The van der Waals surface area contributed by atoms with Gasteiger partial charge in [-0.1, -0.05) is 11.6 Å². The lowest BCUT2D eigenvalue weighted by Gasteiger charge is -2.41. The van der Waals surface area contributed by atoms with Gasteiger partial charge < -0.3 is 20.1 Å². The molecule has 0 radical (unpaired) electrons. The third kappa shape index (κ3) is 4.95. The Bertz CT molecular complexity index is 1220. The summed E-state index contributed by atoms with van der Waals surface area (Å²) >= 11 is 6.27. The maximum Gasteiger partial charge on any atom is 0.417 e. The highest BCUT2D eigenvalue weighted by molar-refractivity contribution is 6.33. The molecule has 1 spiro atoms. The summed E-state index contributed by atoms with van der Waals surface area (Å²) in [5, 5.41) is 20.2. The summed E-state index contributed by atoms with van der Waals surface area (Å²) in [5.74, 6) is -0.398. The predicted octanol–water partition coefficient (Wildman–Crippen LogP) is 3.87. The summed E-state index contributed by atoms with van der Waals surface area (Å²) in [6.07, 6.45) is -1.45. The minimum Gasteiger partial charge on any atom is -0.481 e. The number of hydrogen-bond donors (Lipinski definition) is 3. The minimum atomic E-state index is -4.67. The van der Waals surface area contributed by atoms with Crippen LogP contribution in [-0.2, 0) is 4.79 Å². The van der Waals surface area contributed by atoms with E-state index in [1.807, 2.05) is 0 Å². The van der Waals surface area contributed by atoms with E-state index in [2.05, 4.69) is 20.5 Å². The van der Waals surface area contributed by atoms with Crippen LogP contribution in [0.25, 0.3) is 11.3 Å². The molecule has 2 saturated carbocycles. The number of pyridine rings is 1. The Morgan fingerprint density at radius 2 is 1.92 bits per heavy atom. The van der Waals surface area contributed by atoms with Crippen LogP contribution in [0.4, 0.5) is 13.2 Å². The van der Waals surface area contributed by atoms with Gasteiger partial charge in [0, 0.05) is 35.7 Å².